The molecule has 2 heterocycles. The molecule has 0 radical (unpaired) electrons. The summed E-state index contributed by atoms with van der Waals surface area (Å²) in [5, 5.41) is 0. The van der Waals surface area contributed by atoms with E-state index >= 15 is 0 Å². The van der Waals surface area contributed by atoms with Gasteiger partial charge in [0.25, 0.3) is 0 Å². The van der Waals surface area contributed by atoms with Gasteiger partial charge in [-0.25, -0.2) is 0 Å². The second-order valence-corrected chi connectivity index (χ2v) is 3.37. The van der Waals surface area contributed by atoms with E-state index in [2.05, 4.69) is 4.99 Å². The monoisotopic (exact) mass is 168 g/mol. The molecule has 0 spiro atoms. The number of hydrogen-bond acceptors (Lipinski definition) is 3. The van der Waals surface area contributed by atoms with Gasteiger partial charge >= 0.3 is 4.87 Å². The van der Waals surface area contributed by atoms with Gasteiger partial charge in [-0.15, -0.1) is 0 Å². The molecule has 1 aliphatic heterocycles. The Morgan fingerprint density at radius 2 is 2.55 bits per heavy atom. The van der Waals surface area contributed by atoms with E-state index in [0.29, 0.717) is 0 Å². The van der Waals surface area contributed by atoms with Crippen LogP contribution in [0.3, 0.4) is 0 Å². The summed E-state index contributed by atoms with van der Waals surface area (Å²) in [4.78, 5) is 15.5. The van der Waals surface area contributed by atoms with E-state index in [9.17, 15) is 4.79 Å². The molecule has 0 bridgehead atoms. The van der Waals surface area contributed by atoms with Crippen molar-refractivity contribution in [2.75, 3.05) is 6.54 Å². The van der Waals surface area contributed by atoms with Gasteiger partial charge in [-0.3, -0.25) is 14.4 Å². The molecule has 58 valence electrons. The molecule has 1 aliphatic rings. The molecule has 0 saturated heterocycles. The molecule has 0 unspecified atom stereocenters. The number of hydrogen-bond donors (Lipinski definition) is 0. The van der Waals surface area contributed by atoms with Crippen molar-refractivity contribution in [1.29, 1.82) is 0 Å². The molecule has 0 atom stereocenters. The van der Waals surface area contributed by atoms with Crippen LogP contribution in [0.1, 0.15) is 6.92 Å². The highest BCUT2D eigenvalue weighted by Crippen LogP contribution is 1.84. The molecule has 2 rings (SSSR count). The maximum absolute atomic E-state index is 11.2. The highest BCUT2D eigenvalue weighted by molar-refractivity contribution is 7.07. The number of aromatic nitrogens is 1. The predicted octanol–water partition coefficient (Wildman–Crippen LogP) is -0.657. The minimum atomic E-state index is 0.120. The van der Waals surface area contributed by atoms with Crippen molar-refractivity contribution in [2.24, 2.45) is 4.99 Å². The molecule has 1 aromatic heterocycles. The van der Waals surface area contributed by atoms with Crippen LogP contribution >= 0.6 is 11.3 Å². The molecule has 0 aliphatic carbocycles. The zero-order chi connectivity index (χ0) is 7.84. The summed E-state index contributed by atoms with van der Waals surface area (Å²) in [7, 11) is 0. The smallest absolute Gasteiger partial charge is 0.282 e. The van der Waals surface area contributed by atoms with Gasteiger partial charge in [-0.2, -0.15) is 0 Å². The second-order valence-electron chi connectivity index (χ2n) is 2.38. The summed E-state index contributed by atoms with van der Waals surface area (Å²) in [5.74, 6) is 0. The van der Waals surface area contributed by atoms with Crippen molar-refractivity contribution in [3.8, 4) is 0 Å². The normalized spacial score (nSPS) is 16.6. The fourth-order valence-electron chi connectivity index (χ4n) is 1.22. The molecule has 11 heavy (non-hydrogen) atoms. The maximum Gasteiger partial charge on any atom is 0.309 e. The predicted molar refractivity (Wildman–Crippen MR) is 44.4 cm³/mol. The lowest BCUT2D eigenvalue weighted by molar-refractivity contribution is 0.746. The van der Waals surface area contributed by atoms with Crippen LogP contribution in [-0.4, -0.2) is 11.1 Å². The minimum absolute atomic E-state index is 0.120. The van der Waals surface area contributed by atoms with Gasteiger partial charge in [0.05, 0.1) is 11.1 Å². The first-order valence-electron chi connectivity index (χ1n) is 3.53. The fraction of sp³-hybridized carbons (Fsp3) is 0.429. The van der Waals surface area contributed by atoms with Crippen LogP contribution in [0.4, 0.5) is 0 Å². The third kappa shape index (κ3) is 0.860. The highest BCUT2D eigenvalue weighted by Gasteiger charge is 2.07. The summed E-state index contributed by atoms with van der Waals surface area (Å²) < 4.78 is 2.74. The van der Waals surface area contributed by atoms with E-state index in [4.69, 9.17) is 0 Å². The lowest BCUT2D eigenvalue weighted by atomic mass is 10.6. The van der Waals surface area contributed by atoms with Gasteiger partial charge in [-0.1, -0.05) is 17.4 Å². The number of fused-ring (bicyclic) bond motifs is 1. The number of thiazole rings is 1. The van der Waals surface area contributed by atoms with Crippen LogP contribution in [0.2, 0.25) is 0 Å². The van der Waals surface area contributed by atoms with Crippen LogP contribution in [0.5, 0.6) is 0 Å². The first-order chi connectivity index (χ1) is 5.33. The van der Waals surface area contributed by atoms with Gasteiger partial charge in [0, 0.05) is 6.54 Å². The molecular weight excluding hydrogens is 160 g/mol. The van der Waals surface area contributed by atoms with E-state index in [0.717, 1.165) is 23.1 Å². The Morgan fingerprint density at radius 1 is 1.73 bits per heavy atom. The third-order valence-electron chi connectivity index (χ3n) is 1.74. The quantitative estimate of drug-likeness (QED) is 0.506. The fourth-order valence-corrected chi connectivity index (χ4v) is 2.08. The summed E-state index contributed by atoms with van der Waals surface area (Å²) in [6.45, 7) is 3.46. The average molecular weight is 168 g/mol. The Balaban J connectivity index is 3.00. The molecule has 0 aromatic carbocycles. The van der Waals surface area contributed by atoms with Crippen molar-refractivity contribution in [2.45, 2.75) is 13.5 Å². The summed E-state index contributed by atoms with van der Waals surface area (Å²) in [6.07, 6.45) is 1.94. The van der Waals surface area contributed by atoms with E-state index in [1.165, 1.54) is 11.3 Å². The lowest BCUT2D eigenvalue weighted by Crippen LogP contribution is -2.27. The topological polar surface area (TPSA) is 34.4 Å². The highest BCUT2D eigenvalue weighted by atomic mass is 32.1. The molecule has 0 N–H and O–H groups in total. The van der Waals surface area contributed by atoms with Gasteiger partial charge in [0.2, 0.25) is 0 Å². The van der Waals surface area contributed by atoms with Gasteiger partial charge in [-0.05, 0) is 6.92 Å². The van der Waals surface area contributed by atoms with E-state index in [1.54, 1.807) is 4.57 Å². The average Bonchev–Trinajstić information content (AvgIpc) is 2.54. The minimum Gasteiger partial charge on any atom is -0.282 e. The number of nitrogens with zero attached hydrogens (tertiary/aromatic N) is 2. The largest absolute Gasteiger partial charge is 0.309 e. The first kappa shape index (κ1) is 6.79. The summed E-state index contributed by atoms with van der Waals surface area (Å²) in [5.41, 5.74) is 0.877. The molecule has 0 saturated carbocycles. The zero-order valence-corrected chi connectivity index (χ0v) is 7.02. The Kier molecular flexibility index (Phi) is 1.42. The van der Waals surface area contributed by atoms with E-state index < -0.39 is 0 Å². The molecular formula is C7H8N2OS. The molecule has 1 aromatic rings. The van der Waals surface area contributed by atoms with E-state index in [-0.39, 0.29) is 4.87 Å². The Morgan fingerprint density at radius 3 is 3.27 bits per heavy atom. The van der Waals surface area contributed by atoms with Gasteiger partial charge < -0.3 is 0 Å². The van der Waals surface area contributed by atoms with Crippen LogP contribution < -0.4 is 14.9 Å². The van der Waals surface area contributed by atoms with Crippen LogP contribution in [0, 0.1) is 0 Å². The van der Waals surface area contributed by atoms with Crippen molar-refractivity contribution in [3.05, 3.63) is 19.7 Å². The third-order valence-corrected chi connectivity index (χ3v) is 2.77. The molecule has 3 nitrogen and oxygen atoms in total. The SMILES string of the molecule is CC=c1sc(=O)n2c1=NCC2. The van der Waals surface area contributed by atoms with Crippen molar-refractivity contribution in [3.63, 3.8) is 0 Å². The zero-order valence-electron chi connectivity index (χ0n) is 6.20. The second kappa shape index (κ2) is 2.30. The Hall–Kier alpha value is -0.900. The van der Waals surface area contributed by atoms with Crippen LogP contribution in [0.15, 0.2) is 9.79 Å². The van der Waals surface area contributed by atoms with Gasteiger partial charge in [0.15, 0.2) is 0 Å². The van der Waals surface area contributed by atoms with Crippen LogP contribution in [0.25, 0.3) is 6.08 Å². The van der Waals surface area contributed by atoms with Crippen molar-refractivity contribution in [1.82, 2.24) is 4.57 Å². The maximum atomic E-state index is 11.2. The lowest BCUT2D eigenvalue weighted by Gasteiger charge is -1.84. The first-order valence-corrected chi connectivity index (χ1v) is 4.35. The molecule has 0 amide bonds. The summed E-state index contributed by atoms with van der Waals surface area (Å²) >= 11 is 1.27. The van der Waals surface area contributed by atoms with Gasteiger partial charge in [0.1, 0.15) is 5.49 Å². The molecule has 0 fully saturated rings. The molecule has 4 heteroatoms. The van der Waals surface area contributed by atoms with Crippen molar-refractivity contribution >= 4 is 17.4 Å². The van der Waals surface area contributed by atoms with Crippen molar-refractivity contribution < 1.29 is 0 Å². The standard InChI is InChI=1S/C7H8N2OS/c1-2-5-6-8-3-4-9(6)7(10)11-5/h2H,3-4H2,1H3. The van der Waals surface area contributed by atoms with E-state index in [1.807, 2.05) is 13.0 Å². The Bertz CT molecular complexity index is 440. The summed E-state index contributed by atoms with van der Waals surface area (Å²) in [6, 6.07) is 0. The van der Waals surface area contributed by atoms with Crippen LogP contribution in [-0.2, 0) is 6.54 Å². The number of rotatable bonds is 0. The Labute approximate surface area is 67.3 Å².